The van der Waals surface area contributed by atoms with Gasteiger partial charge in [0.25, 0.3) is 0 Å². The van der Waals surface area contributed by atoms with Crippen LogP contribution in [0.4, 0.5) is 0 Å². The first-order chi connectivity index (χ1) is 17.3. The molecule has 0 saturated carbocycles. The number of rotatable bonds is 9. The summed E-state index contributed by atoms with van der Waals surface area (Å²) in [7, 11) is 3.32. The number of hydrogen-bond donors (Lipinski definition) is 5. The second-order valence-corrected chi connectivity index (χ2v) is 8.51. The summed E-state index contributed by atoms with van der Waals surface area (Å²) in [6.07, 6.45) is 12.9. The molecule has 0 fully saturated rings. The Morgan fingerprint density at radius 1 is 1.17 bits per heavy atom. The van der Waals surface area contributed by atoms with Gasteiger partial charge in [0, 0.05) is 36.3 Å². The van der Waals surface area contributed by atoms with Gasteiger partial charge in [-0.2, -0.15) is 0 Å². The van der Waals surface area contributed by atoms with Crippen molar-refractivity contribution in [1.82, 2.24) is 10.6 Å². The lowest BCUT2D eigenvalue weighted by atomic mass is 9.98. The number of dihydropyridines is 1. The standard InChI is InChI=1S/C27H35N7O2/c1-17(2)18(13-28)12-26(30)34-27-10-9-24-25(33-27)11-19(14-32-24)22(15-31-3)23(29)16-36-21-7-5-20(35-4)6-8-21/h5-15,17,24,32H,16,28-30H2,1-4H3,(H,33,34)/b18-13+,23-22?,26-12+,31-15?. The highest BCUT2D eigenvalue weighted by atomic mass is 16.5. The van der Waals surface area contributed by atoms with Crippen LogP contribution < -0.4 is 37.3 Å². The van der Waals surface area contributed by atoms with Crippen molar-refractivity contribution in [2.45, 2.75) is 19.9 Å². The number of ether oxygens (including phenoxy) is 2. The number of allylic oxidation sites excluding steroid dienone is 5. The van der Waals surface area contributed by atoms with Gasteiger partial charge in [0.1, 0.15) is 29.8 Å². The Balaban J connectivity index is 1.79. The summed E-state index contributed by atoms with van der Waals surface area (Å²) in [5.74, 6) is 2.69. The van der Waals surface area contributed by atoms with Gasteiger partial charge in [0.15, 0.2) is 0 Å². The second kappa shape index (κ2) is 12.3. The number of nitrogens with zero attached hydrogens (tertiary/aromatic N) is 2. The average Bonchev–Trinajstić information content (AvgIpc) is 2.88. The Morgan fingerprint density at radius 3 is 2.53 bits per heavy atom. The molecule has 3 rings (SSSR count). The zero-order chi connectivity index (χ0) is 26.1. The lowest BCUT2D eigenvalue weighted by molar-refractivity contribution is 0.348. The third-order valence-corrected chi connectivity index (χ3v) is 5.58. The molecule has 0 bridgehead atoms. The molecule has 1 aromatic carbocycles. The smallest absolute Gasteiger partial charge is 0.132 e. The molecular formula is C27H35N7O2. The van der Waals surface area contributed by atoms with Crippen molar-refractivity contribution < 1.29 is 9.47 Å². The van der Waals surface area contributed by atoms with E-state index >= 15 is 0 Å². The Morgan fingerprint density at radius 2 is 1.89 bits per heavy atom. The number of amidine groups is 1. The van der Waals surface area contributed by atoms with Crippen LogP contribution in [0.2, 0.25) is 0 Å². The van der Waals surface area contributed by atoms with Crippen LogP contribution in [-0.2, 0) is 0 Å². The summed E-state index contributed by atoms with van der Waals surface area (Å²) in [5.41, 5.74) is 22.2. The maximum Gasteiger partial charge on any atom is 0.132 e. The third kappa shape index (κ3) is 6.82. The quantitative estimate of drug-likeness (QED) is 0.265. The number of nitrogens with one attached hydrogen (secondary N) is 2. The number of aliphatic imine (C=N–C) groups is 2. The third-order valence-electron chi connectivity index (χ3n) is 5.58. The van der Waals surface area contributed by atoms with Gasteiger partial charge in [0.2, 0.25) is 0 Å². The van der Waals surface area contributed by atoms with E-state index in [9.17, 15) is 0 Å². The van der Waals surface area contributed by atoms with Gasteiger partial charge in [0.05, 0.1) is 18.8 Å². The van der Waals surface area contributed by atoms with E-state index < -0.39 is 0 Å². The molecule has 1 aromatic rings. The fourth-order valence-electron chi connectivity index (χ4n) is 3.57. The Kier molecular flexibility index (Phi) is 8.99. The van der Waals surface area contributed by atoms with Gasteiger partial charge < -0.3 is 37.3 Å². The van der Waals surface area contributed by atoms with E-state index in [1.54, 1.807) is 32.6 Å². The van der Waals surface area contributed by atoms with Gasteiger partial charge in [-0.3, -0.25) is 4.99 Å². The van der Waals surface area contributed by atoms with Crippen LogP contribution >= 0.6 is 0 Å². The number of fused-ring (bicyclic) bond motifs is 1. The van der Waals surface area contributed by atoms with Crippen molar-refractivity contribution >= 4 is 12.1 Å². The highest BCUT2D eigenvalue weighted by Crippen LogP contribution is 2.22. The largest absolute Gasteiger partial charge is 0.497 e. The monoisotopic (exact) mass is 489 g/mol. The highest BCUT2D eigenvalue weighted by molar-refractivity contribution is 5.97. The summed E-state index contributed by atoms with van der Waals surface area (Å²) in [6, 6.07) is 7.31. The maximum atomic E-state index is 6.43. The zero-order valence-electron chi connectivity index (χ0n) is 21.2. The van der Waals surface area contributed by atoms with Gasteiger partial charge in [-0.05, 0) is 60.2 Å². The molecule has 190 valence electrons. The van der Waals surface area contributed by atoms with Crippen molar-refractivity contribution in [2.24, 2.45) is 33.1 Å². The number of nitrogens with two attached hydrogens (primary N) is 3. The van der Waals surface area contributed by atoms with Crippen LogP contribution in [0, 0.1) is 5.92 Å². The maximum absolute atomic E-state index is 6.43. The van der Waals surface area contributed by atoms with Gasteiger partial charge in [-0.15, -0.1) is 0 Å². The molecule has 0 aliphatic carbocycles. The van der Waals surface area contributed by atoms with E-state index in [-0.39, 0.29) is 18.6 Å². The second-order valence-electron chi connectivity index (χ2n) is 8.51. The topological polar surface area (TPSA) is 145 Å². The molecule has 9 nitrogen and oxygen atoms in total. The predicted molar refractivity (Wildman–Crippen MR) is 146 cm³/mol. The van der Waals surface area contributed by atoms with E-state index in [2.05, 4.69) is 20.6 Å². The first-order valence-electron chi connectivity index (χ1n) is 11.6. The molecule has 1 unspecified atom stereocenters. The Bertz CT molecular complexity index is 1180. The molecule has 8 N–H and O–H groups in total. The molecule has 2 heterocycles. The molecule has 0 saturated heterocycles. The van der Waals surface area contributed by atoms with E-state index in [1.165, 1.54) is 0 Å². The minimum atomic E-state index is -0.0235. The van der Waals surface area contributed by atoms with Crippen molar-refractivity contribution in [2.75, 3.05) is 20.8 Å². The molecule has 0 amide bonds. The van der Waals surface area contributed by atoms with Crippen molar-refractivity contribution in [3.05, 3.63) is 94.9 Å². The molecule has 0 aromatic heterocycles. The fraction of sp³-hybridized carbons (Fsp3) is 0.259. The average molecular weight is 490 g/mol. The fourth-order valence-corrected chi connectivity index (χ4v) is 3.57. The molecule has 0 radical (unpaired) electrons. The molecule has 0 spiro atoms. The molecule has 36 heavy (non-hydrogen) atoms. The van der Waals surface area contributed by atoms with Crippen LogP contribution in [0.3, 0.4) is 0 Å². The summed E-state index contributed by atoms with van der Waals surface area (Å²) < 4.78 is 11.0. The van der Waals surface area contributed by atoms with Gasteiger partial charge >= 0.3 is 0 Å². The number of hydrogen-bond acceptors (Lipinski definition) is 8. The van der Waals surface area contributed by atoms with Crippen molar-refractivity contribution in [1.29, 1.82) is 0 Å². The Labute approximate surface area is 212 Å². The SMILES string of the molecule is CN=CC(C1=CNC2C=CC(=N/C(N)=C/C(=C\N)C(C)C)NC2=C1)=C(N)COc1ccc(OC)cc1. The lowest BCUT2D eigenvalue weighted by Crippen LogP contribution is -2.40. The minimum Gasteiger partial charge on any atom is -0.497 e. The summed E-state index contributed by atoms with van der Waals surface area (Å²) in [5, 5.41) is 6.71. The molecule has 9 heteroatoms. The zero-order valence-corrected chi connectivity index (χ0v) is 21.2. The summed E-state index contributed by atoms with van der Waals surface area (Å²) in [4.78, 5) is 8.68. The van der Waals surface area contributed by atoms with Gasteiger partial charge in [-0.25, -0.2) is 4.99 Å². The van der Waals surface area contributed by atoms with Gasteiger partial charge in [-0.1, -0.05) is 19.9 Å². The molecule has 2 aliphatic heterocycles. The van der Waals surface area contributed by atoms with Crippen molar-refractivity contribution in [3.63, 3.8) is 0 Å². The number of methoxy groups -OCH3 is 1. The summed E-state index contributed by atoms with van der Waals surface area (Å²) >= 11 is 0. The van der Waals surface area contributed by atoms with E-state index in [1.807, 2.05) is 62.5 Å². The first kappa shape index (κ1) is 26.2. The van der Waals surface area contributed by atoms with Crippen LogP contribution in [-0.4, -0.2) is 38.9 Å². The normalized spacial score (nSPS) is 19.8. The highest BCUT2D eigenvalue weighted by Gasteiger charge is 2.21. The predicted octanol–water partition coefficient (Wildman–Crippen LogP) is 2.58. The van der Waals surface area contributed by atoms with Crippen LogP contribution in [0.25, 0.3) is 0 Å². The number of benzene rings is 1. The molecule has 2 aliphatic rings. The van der Waals surface area contributed by atoms with Crippen molar-refractivity contribution in [3.8, 4) is 11.5 Å². The van der Waals surface area contributed by atoms with E-state index in [0.29, 0.717) is 23.1 Å². The van der Waals surface area contributed by atoms with E-state index in [0.717, 1.165) is 28.2 Å². The summed E-state index contributed by atoms with van der Waals surface area (Å²) in [6.45, 7) is 4.29. The Hall–Kier alpha value is -4.40. The van der Waals surface area contributed by atoms with Crippen LogP contribution in [0.15, 0.2) is 105 Å². The van der Waals surface area contributed by atoms with E-state index in [4.69, 9.17) is 26.7 Å². The first-order valence-corrected chi connectivity index (χ1v) is 11.6. The van der Waals surface area contributed by atoms with Crippen LogP contribution in [0.5, 0.6) is 11.5 Å². The van der Waals surface area contributed by atoms with Crippen LogP contribution in [0.1, 0.15) is 13.8 Å². The lowest BCUT2D eigenvalue weighted by Gasteiger charge is -2.28. The minimum absolute atomic E-state index is 0.0235. The molecule has 1 atom stereocenters. The molecular weight excluding hydrogens is 454 g/mol.